The molecule has 0 saturated heterocycles. The van der Waals surface area contributed by atoms with E-state index < -0.39 is 0 Å². The molecule has 1 atom stereocenters. The summed E-state index contributed by atoms with van der Waals surface area (Å²) >= 11 is 1.75. The van der Waals surface area contributed by atoms with Gasteiger partial charge < -0.3 is 0 Å². The number of allylic oxidation sites excluding steroid dienone is 1. The van der Waals surface area contributed by atoms with Crippen molar-refractivity contribution in [2.75, 3.05) is 0 Å². The third-order valence-corrected chi connectivity index (χ3v) is 4.20. The summed E-state index contributed by atoms with van der Waals surface area (Å²) in [6.07, 6.45) is 7.26. The van der Waals surface area contributed by atoms with Gasteiger partial charge in [-0.25, -0.2) is 10.4 Å². The van der Waals surface area contributed by atoms with Crippen LogP contribution in [0.4, 0.5) is 0 Å². The molecule has 88 valence electrons. The van der Waals surface area contributed by atoms with E-state index in [9.17, 15) is 0 Å². The molecule has 3 N–H and O–H groups in total. The molecular formula is C12H19N3S. The zero-order valence-electron chi connectivity index (χ0n) is 9.92. The van der Waals surface area contributed by atoms with Crippen LogP contribution in [-0.2, 0) is 0 Å². The second-order valence-electron chi connectivity index (χ2n) is 4.31. The van der Waals surface area contributed by atoms with Crippen LogP contribution in [-0.4, -0.2) is 4.98 Å². The van der Waals surface area contributed by atoms with E-state index in [-0.39, 0.29) is 6.04 Å². The average molecular weight is 237 g/mol. The summed E-state index contributed by atoms with van der Waals surface area (Å²) in [6.45, 7) is 4.11. The molecule has 0 fully saturated rings. The minimum atomic E-state index is 0.173. The Morgan fingerprint density at radius 3 is 2.75 bits per heavy atom. The maximum absolute atomic E-state index is 5.70. The van der Waals surface area contributed by atoms with Crippen LogP contribution in [0.15, 0.2) is 11.6 Å². The monoisotopic (exact) mass is 237 g/mol. The van der Waals surface area contributed by atoms with Crippen LogP contribution >= 0.6 is 11.3 Å². The predicted octanol–water partition coefficient (Wildman–Crippen LogP) is 2.76. The molecule has 0 bridgehead atoms. The van der Waals surface area contributed by atoms with Gasteiger partial charge >= 0.3 is 0 Å². The first-order chi connectivity index (χ1) is 7.72. The number of hydrazine groups is 1. The summed E-state index contributed by atoms with van der Waals surface area (Å²) in [7, 11) is 0. The molecule has 1 unspecified atom stereocenters. The molecule has 0 aromatic carbocycles. The van der Waals surface area contributed by atoms with Crippen molar-refractivity contribution in [1.29, 1.82) is 0 Å². The van der Waals surface area contributed by atoms with Crippen molar-refractivity contribution in [2.24, 2.45) is 5.84 Å². The third kappa shape index (κ3) is 2.34. The summed E-state index contributed by atoms with van der Waals surface area (Å²) in [6, 6.07) is 0.173. The molecule has 0 saturated carbocycles. The number of nitrogens with one attached hydrogen (secondary N) is 1. The van der Waals surface area contributed by atoms with Crippen molar-refractivity contribution >= 4 is 11.3 Å². The van der Waals surface area contributed by atoms with Gasteiger partial charge in [0.25, 0.3) is 0 Å². The van der Waals surface area contributed by atoms with Gasteiger partial charge in [-0.05, 0) is 39.5 Å². The Kier molecular flexibility index (Phi) is 3.74. The van der Waals surface area contributed by atoms with Crippen LogP contribution in [0.5, 0.6) is 0 Å². The van der Waals surface area contributed by atoms with Crippen molar-refractivity contribution in [2.45, 2.75) is 45.6 Å². The lowest BCUT2D eigenvalue weighted by atomic mass is 9.93. The fourth-order valence-electron chi connectivity index (χ4n) is 2.29. The first kappa shape index (κ1) is 11.8. The van der Waals surface area contributed by atoms with E-state index in [1.54, 1.807) is 11.3 Å². The lowest BCUT2D eigenvalue weighted by Gasteiger charge is -2.21. The van der Waals surface area contributed by atoms with Crippen molar-refractivity contribution in [3.63, 3.8) is 0 Å². The molecular weight excluding hydrogens is 218 g/mol. The molecule has 2 rings (SSSR count). The minimum Gasteiger partial charge on any atom is -0.271 e. The number of hydrogen-bond acceptors (Lipinski definition) is 4. The summed E-state index contributed by atoms with van der Waals surface area (Å²) < 4.78 is 0. The molecule has 0 radical (unpaired) electrons. The Hall–Kier alpha value is -0.710. The topological polar surface area (TPSA) is 50.9 Å². The third-order valence-electron chi connectivity index (χ3n) is 3.07. The van der Waals surface area contributed by atoms with E-state index in [4.69, 9.17) is 5.84 Å². The smallest absolute Gasteiger partial charge is 0.0900 e. The van der Waals surface area contributed by atoms with Crippen LogP contribution in [0.3, 0.4) is 0 Å². The van der Waals surface area contributed by atoms with Gasteiger partial charge in [0.1, 0.15) is 0 Å². The zero-order valence-corrected chi connectivity index (χ0v) is 10.7. The molecule has 0 spiro atoms. The second kappa shape index (κ2) is 5.08. The highest BCUT2D eigenvalue weighted by atomic mass is 32.1. The predicted molar refractivity (Wildman–Crippen MR) is 68.2 cm³/mol. The Balaban J connectivity index is 2.28. The van der Waals surface area contributed by atoms with E-state index in [2.05, 4.69) is 23.4 Å². The largest absolute Gasteiger partial charge is 0.271 e. The fourth-order valence-corrected chi connectivity index (χ4v) is 3.32. The maximum Gasteiger partial charge on any atom is 0.0900 e. The maximum atomic E-state index is 5.70. The van der Waals surface area contributed by atoms with Crippen molar-refractivity contribution in [3.05, 3.63) is 27.2 Å². The second-order valence-corrected chi connectivity index (χ2v) is 5.54. The molecule has 1 aromatic heterocycles. The fraction of sp³-hybridized carbons (Fsp3) is 0.583. The number of hydrogen-bond donors (Lipinski definition) is 2. The van der Waals surface area contributed by atoms with Gasteiger partial charge in [-0.3, -0.25) is 5.84 Å². The molecule has 1 aromatic rings. The number of thiazole rings is 1. The van der Waals surface area contributed by atoms with Crippen molar-refractivity contribution in [3.8, 4) is 0 Å². The van der Waals surface area contributed by atoms with Crippen LogP contribution < -0.4 is 11.3 Å². The average Bonchev–Trinajstić information content (AvgIpc) is 2.61. The van der Waals surface area contributed by atoms with Crippen LogP contribution in [0.2, 0.25) is 0 Å². The Bertz CT molecular complexity index is 395. The molecule has 0 aliphatic heterocycles. The number of nitrogens with zero attached hydrogens (tertiary/aromatic N) is 1. The lowest BCUT2D eigenvalue weighted by molar-refractivity contribution is 0.569. The van der Waals surface area contributed by atoms with E-state index in [1.165, 1.54) is 29.7 Å². The molecule has 1 heterocycles. The zero-order chi connectivity index (χ0) is 11.5. The molecule has 16 heavy (non-hydrogen) atoms. The highest BCUT2D eigenvalue weighted by Crippen LogP contribution is 2.33. The molecule has 4 heteroatoms. The molecule has 0 amide bonds. The highest BCUT2D eigenvalue weighted by Gasteiger charge is 2.21. The number of nitrogens with two attached hydrogens (primary N) is 1. The standard InChI is InChI=1S/C12H19N3S/c1-8-12(16-9(2)14-8)11(15-13)10-6-4-3-5-7-10/h6,11,15H,3-5,7,13H2,1-2H3. The van der Waals surface area contributed by atoms with E-state index >= 15 is 0 Å². The Morgan fingerprint density at radius 2 is 2.25 bits per heavy atom. The van der Waals surface area contributed by atoms with Gasteiger partial charge in [-0.1, -0.05) is 11.6 Å². The van der Waals surface area contributed by atoms with Gasteiger partial charge in [0, 0.05) is 0 Å². The van der Waals surface area contributed by atoms with E-state index in [0.717, 1.165) is 17.1 Å². The summed E-state index contributed by atoms with van der Waals surface area (Å²) in [5.41, 5.74) is 5.48. The molecule has 3 nitrogen and oxygen atoms in total. The molecule has 1 aliphatic rings. The quantitative estimate of drug-likeness (QED) is 0.483. The van der Waals surface area contributed by atoms with Gasteiger partial charge in [0.15, 0.2) is 0 Å². The SMILES string of the molecule is Cc1nc(C)c(C(NN)C2=CCCCC2)s1. The van der Waals surface area contributed by atoms with E-state index in [1.807, 2.05) is 6.92 Å². The van der Waals surface area contributed by atoms with E-state index in [0.29, 0.717) is 0 Å². The lowest BCUT2D eigenvalue weighted by Crippen LogP contribution is -2.29. The Morgan fingerprint density at radius 1 is 1.44 bits per heavy atom. The van der Waals surface area contributed by atoms with Crippen LogP contribution in [0, 0.1) is 13.8 Å². The van der Waals surface area contributed by atoms with Gasteiger partial charge in [0.2, 0.25) is 0 Å². The normalized spacial score (nSPS) is 18.3. The van der Waals surface area contributed by atoms with Gasteiger partial charge in [0.05, 0.1) is 21.6 Å². The Labute approximate surface area is 101 Å². The van der Waals surface area contributed by atoms with Crippen LogP contribution in [0.1, 0.15) is 47.3 Å². The van der Waals surface area contributed by atoms with Gasteiger partial charge in [-0.15, -0.1) is 11.3 Å². The molecule has 1 aliphatic carbocycles. The van der Waals surface area contributed by atoms with Crippen LogP contribution in [0.25, 0.3) is 0 Å². The first-order valence-electron chi connectivity index (χ1n) is 5.81. The number of aryl methyl sites for hydroxylation is 2. The first-order valence-corrected chi connectivity index (χ1v) is 6.63. The van der Waals surface area contributed by atoms with Crippen molar-refractivity contribution in [1.82, 2.24) is 10.4 Å². The van der Waals surface area contributed by atoms with Crippen molar-refractivity contribution < 1.29 is 0 Å². The summed E-state index contributed by atoms with van der Waals surface area (Å²) in [5.74, 6) is 5.70. The summed E-state index contributed by atoms with van der Waals surface area (Å²) in [4.78, 5) is 5.74. The summed E-state index contributed by atoms with van der Waals surface area (Å²) in [5, 5.41) is 1.11. The minimum absolute atomic E-state index is 0.173. The number of rotatable bonds is 3. The number of aromatic nitrogens is 1. The highest BCUT2D eigenvalue weighted by molar-refractivity contribution is 7.11. The van der Waals surface area contributed by atoms with Gasteiger partial charge in [-0.2, -0.15) is 0 Å².